The second-order valence-corrected chi connectivity index (χ2v) is 10.4. The minimum Gasteiger partial charge on any atom is -0.324 e. The minimum absolute atomic E-state index is 0.0344. The minimum atomic E-state index is -3.85. The van der Waals surface area contributed by atoms with Gasteiger partial charge in [0.25, 0.3) is 16.0 Å². The number of nitrogens with zero attached hydrogens (tertiary/aromatic N) is 3. The van der Waals surface area contributed by atoms with Crippen LogP contribution in [0.25, 0.3) is 5.70 Å². The van der Waals surface area contributed by atoms with Gasteiger partial charge in [-0.3, -0.25) is 0 Å². The molecule has 1 aromatic heterocycles. The molecule has 34 heavy (non-hydrogen) atoms. The Morgan fingerprint density at radius 2 is 1.53 bits per heavy atom. The molecule has 0 saturated heterocycles. The van der Waals surface area contributed by atoms with Gasteiger partial charge in [0, 0.05) is 15.7 Å². The van der Waals surface area contributed by atoms with Crippen molar-refractivity contribution in [2.24, 2.45) is 0 Å². The molecule has 0 fully saturated rings. The summed E-state index contributed by atoms with van der Waals surface area (Å²) in [5.74, 6) is 0.363. The lowest BCUT2D eigenvalue weighted by Gasteiger charge is -2.24. The first kappa shape index (κ1) is 22.5. The number of nitrogens with one attached hydrogen (secondary N) is 2. The van der Waals surface area contributed by atoms with Crippen molar-refractivity contribution in [3.63, 3.8) is 0 Å². The number of allylic oxidation sites excluding steroid dienone is 1. The Bertz CT molecular complexity index is 1480. The van der Waals surface area contributed by atoms with Crippen molar-refractivity contribution in [2.75, 3.05) is 10.0 Å². The van der Waals surface area contributed by atoms with Gasteiger partial charge in [-0.2, -0.15) is 4.98 Å². The maximum Gasteiger partial charge on any atom is 0.264 e. The highest BCUT2D eigenvalue weighted by atomic mass is 35.5. The SMILES string of the molecule is Cc1ccc(S(=O)(=O)Nc2nc3n(n2)[C@H](c2ccc(Cl)cc2)C=C(c2ccc(Cl)cc2)N3)cc1. The van der Waals surface area contributed by atoms with Gasteiger partial charge in [-0.1, -0.05) is 65.2 Å². The number of aryl methyl sites for hydroxylation is 1. The molecule has 0 bridgehead atoms. The molecule has 1 aliphatic heterocycles. The molecule has 0 radical (unpaired) electrons. The fourth-order valence-electron chi connectivity index (χ4n) is 3.63. The van der Waals surface area contributed by atoms with Gasteiger partial charge in [0.15, 0.2) is 0 Å². The predicted molar refractivity (Wildman–Crippen MR) is 135 cm³/mol. The quantitative estimate of drug-likeness (QED) is 0.356. The molecule has 0 aliphatic carbocycles. The summed E-state index contributed by atoms with van der Waals surface area (Å²) >= 11 is 12.1. The Hall–Kier alpha value is -3.33. The van der Waals surface area contributed by atoms with E-state index in [1.54, 1.807) is 53.2 Å². The standard InChI is InChI=1S/C24H19Cl2N5O2S/c1-15-2-12-20(13-3-15)34(32,33)30-23-28-24-27-21(16-4-8-18(25)9-5-16)14-22(31(24)29-23)17-6-10-19(26)11-7-17/h2-14,22H,1H3,(H2,27,28,29,30)/t22-/m0/s1. The number of halogens is 2. The Labute approximate surface area is 207 Å². The monoisotopic (exact) mass is 511 g/mol. The predicted octanol–water partition coefficient (Wildman–Crippen LogP) is 5.75. The molecule has 3 aromatic carbocycles. The molecule has 172 valence electrons. The van der Waals surface area contributed by atoms with Crippen LogP contribution in [0.5, 0.6) is 0 Å². The fourth-order valence-corrected chi connectivity index (χ4v) is 4.82. The third kappa shape index (κ3) is 4.52. The van der Waals surface area contributed by atoms with Crippen LogP contribution in [0.4, 0.5) is 11.9 Å². The molecule has 5 rings (SSSR count). The second-order valence-electron chi connectivity index (χ2n) is 7.83. The summed E-state index contributed by atoms with van der Waals surface area (Å²) in [5.41, 5.74) is 3.57. The molecule has 1 aliphatic rings. The third-order valence-corrected chi connectivity index (χ3v) is 7.24. The van der Waals surface area contributed by atoms with Gasteiger partial charge in [-0.05, 0) is 60.5 Å². The number of hydrogen-bond donors (Lipinski definition) is 2. The Kier molecular flexibility index (Phi) is 5.81. The zero-order valence-electron chi connectivity index (χ0n) is 17.9. The number of rotatable bonds is 5. The first-order valence-corrected chi connectivity index (χ1v) is 12.6. The van der Waals surface area contributed by atoms with Gasteiger partial charge in [-0.15, -0.1) is 5.10 Å². The highest BCUT2D eigenvalue weighted by Gasteiger charge is 2.27. The van der Waals surface area contributed by atoms with Crippen LogP contribution in [0.15, 0.2) is 83.8 Å². The zero-order valence-corrected chi connectivity index (χ0v) is 20.2. The van der Waals surface area contributed by atoms with Crippen molar-refractivity contribution in [3.05, 3.63) is 106 Å². The summed E-state index contributed by atoms with van der Waals surface area (Å²) in [5, 5.41) is 8.94. The summed E-state index contributed by atoms with van der Waals surface area (Å²) in [6, 6.07) is 21.0. The molecule has 2 heterocycles. The van der Waals surface area contributed by atoms with Gasteiger partial charge in [0.05, 0.1) is 4.90 Å². The van der Waals surface area contributed by atoms with E-state index >= 15 is 0 Å². The third-order valence-electron chi connectivity index (χ3n) is 5.39. The molecule has 10 heteroatoms. The molecule has 0 saturated carbocycles. The lowest BCUT2D eigenvalue weighted by Crippen LogP contribution is -2.20. The summed E-state index contributed by atoms with van der Waals surface area (Å²) in [7, 11) is -3.85. The van der Waals surface area contributed by atoms with Crippen molar-refractivity contribution in [2.45, 2.75) is 17.9 Å². The van der Waals surface area contributed by atoms with E-state index in [2.05, 4.69) is 20.1 Å². The first-order valence-electron chi connectivity index (χ1n) is 10.3. The molecular weight excluding hydrogens is 493 g/mol. The average molecular weight is 512 g/mol. The van der Waals surface area contributed by atoms with E-state index in [4.69, 9.17) is 23.2 Å². The summed E-state index contributed by atoms with van der Waals surface area (Å²) in [6.45, 7) is 1.89. The van der Waals surface area contributed by atoms with Gasteiger partial charge in [0.2, 0.25) is 5.95 Å². The number of hydrogen-bond acceptors (Lipinski definition) is 5. The number of sulfonamides is 1. The van der Waals surface area contributed by atoms with E-state index in [0.717, 1.165) is 22.4 Å². The molecule has 0 unspecified atom stereocenters. The smallest absolute Gasteiger partial charge is 0.264 e. The van der Waals surface area contributed by atoms with Crippen LogP contribution in [0.2, 0.25) is 10.0 Å². The van der Waals surface area contributed by atoms with Crippen LogP contribution in [0.1, 0.15) is 22.7 Å². The van der Waals surface area contributed by atoms with E-state index in [9.17, 15) is 8.42 Å². The van der Waals surface area contributed by atoms with E-state index in [0.29, 0.717) is 16.0 Å². The van der Waals surface area contributed by atoms with Crippen LogP contribution >= 0.6 is 23.2 Å². The van der Waals surface area contributed by atoms with Crippen molar-refractivity contribution < 1.29 is 8.42 Å². The Morgan fingerprint density at radius 3 is 2.18 bits per heavy atom. The number of fused-ring (bicyclic) bond motifs is 1. The molecule has 4 aromatic rings. The van der Waals surface area contributed by atoms with Gasteiger partial charge >= 0.3 is 0 Å². The number of aromatic nitrogens is 3. The highest BCUT2D eigenvalue weighted by molar-refractivity contribution is 7.92. The Balaban J connectivity index is 1.53. The first-order chi connectivity index (χ1) is 16.3. The fraction of sp³-hybridized carbons (Fsp3) is 0.0833. The van der Waals surface area contributed by atoms with Crippen LogP contribution in [-0.4, -0.2) is 23.2 Å². The van der Waals surface area contributed by atoms with Crippen molar-refractivity contribution in [3.8, 4) is 0 Å². The summed E-state index contributed by atoms with van der Waals surface area (Å²) < 4.78 is 29.9. The Morgan fingerprint density at radius 1 is 0.912 bits per heavy atom. The second kappa shape index (κ2) is 8.79. The van der Waals surface area contributed by atoms with Crippen LogP contribution < -0.4 is 10.0 Å². The largest absolute Gasteiger partial charge is 0.324 e. The summed E-state index contributed by atoms with van der Waals surface area (Å²) in [6.07, 6.45) is 1.99. The maximum absolute atomic E-state index is 12.9. The molecule has 0 spiro atoms. The molecule has 7 nitrogen and oxygen atoms in total. The van der Waals surface area contributed by atoms with Crippen molar-refractivity contribution in [1.82, 2.24) is 14.8 Å². The van der Waals surface area contributed by atoms with E-state index in [1.807, 2.05) is 37.3 Å². The van der Waals surface area contributed by atoms with Crippen LogP contribution in [0, 0.1) is 6.92 Å². The van der Waals surface area contributed by atoms with E-state index in [1.165, 1.54) is 0 Å². The maximum atomic E-state index is 12.9. The van der Waals surface area contributed by atoms with Crippen molar-refractivity contribution in [1.29, 1.82) is 0 Å². The lowest BCUT2D eigenvalue weighted by molar-refractivity contribution is 0.598. The zero-order chi connectivity index (χ0) is 23.9. The molecular formula is C24H19Cl2N5O2S. The topological polar surface area (TPSA) is 88.9 Å². The van der Waals surface area contributed by atoms with Gasteiger partial charge < -0.3 is 5.32 Å². The molecule has 0 amide bonds. The number of anilines is 2. The molecule has 1 atom stereocenters. The lowest BCUT2D eigenvalue weighted by atomic mass is 10.0. The van der Waals surface area contributed by atoms with Gasteiger partial charge in [-0.25, -0.2) is 17.8 Å². The van der Waals surface area contributed by atoms with E-state index in [-0.39, 0.29) is 16.9 Å². The number of benzene rings is 3. The van der Waals surface area contributed by atoms with Crippen molar-refractivity contribution >= 4 is 50.8 Å². The summed E-state index contributed by atoms with van der Waals surface area (Å²) in [4.78, 5) is 4.56. The molecule has 2 N–H and O–H groups in total. The van der Waals surface area contributed by atoms with E-state index < -0.39 is 10.0 Å². The highest BCUT2D eigenvalue weighted by Crippen LogP contribution is 2.34. The van der Waals surface area contributed by atoms with Crippen LogP contribution in [-0.2, 0) is 10.0 Å². The normalized spacial score (nSPS) is 15.3. The van der Waals surface area contributed by atoms with Crippen LogP contribution in [0.3, 0.4) is 0 Å². The van der Waals surface area contributed by atoms with Gasteiger partial charge in [0.1, 0.15) is 6.04 Å². The average Bonchev–Trinajstić information content (AvgIpc) is 3.21.